The van der Waals surface area contributed by atoms with Crippen LogP contribution in [0.4, 0.5) is 0 Å². The Kier molecular flexibility index (Phi) is 14.4. The third-order valence-electron chi connectivity index (χ3n) is 13.4. The molecule has 0 amide bonds. The van der Waals surface area contributed by atoms with E-state index in [2.05, 4.69) is 182 Å². The number of halogens is 2. The van der Waals surface area contributed by atoms with Crippen LogP contribution in [-0.4, -0.2) is 4.21 Å². The van der Waals surface area contributed by atoms with Crippen molar-refractivity contribution in [3.05, 3.63) is 133 Å². The van der Waals surface area contributed by atoms with Crippen LogP contribution in [-0.2, 0) is 59.2 Å². The Morgan fingerprint density at radius 3 is 1.41 bits per heavy atom. The zero-order chi connectivity index (χ0) is 41.1. The van der Waals surface area contributed by atoms with Gasteiger partial charge in [-0.05, 0) is 0 Å². The number of unbranched alkanes of at least 4 members (excludes halogenated alkanes) is 2. The fourth-order valence-corrected chi connectivity index (χ4v) is 26.9. The Morgan fingerprint density at radius 1 is 0.569 bits per heavy atom. The Hall–Kier alpha value is -2.31. The molecule has 0 heterocycles. The number of benzene rings is 4. The molecule has 0 fully saturated rings. The first kappa shape index (κ1) is 48.4. The van der Waals surface area contributed by atoms with Crippen molar-refractivity contribution in [2.75, 3.05) is 0 Å². The predicted molar refractivity (Wildman–Crippen MR) is 262 cm³/mol. The van der Waals surface area contributed by atoms with Crippen LogP contribution in [0, 0.1) is 0 Å². The van der Waals surface area contributed by atoms with Gasteiger partial charge < -0.3 is 0 Å². The van der Waals surface area contributed by atoms with Crippen molar-refractivity contribution in [2.24, 2.45) is 0 Å². The molecule has 0 spiro atoms. The summed E-state index contributed by atoms with van der Waals surface area (Å²) in [5, 5.41) is 0. The summed E-state index contributed by atoms with van der Waals surface area (Å²) in [5.74, 6) is 0. The maximum atomic E-state index is 6.03. The minimum atomic E-state index is -5.11. The molecule has 3 heteroatoms. The van der Waals surface area contributed by atoms with Gasteiger partial charge in [-0.1, -0.05) is 0 Å². The van der Waals surface area contributed by atoms with Crippen LogP contribution in [0.2, 0.25) is 0 Å². The third-order valence-corrected chi connectivity index (χ3v) is 29.7. The van der Waals surface area contributed by atoms with Crippen molar-refractivity contribution in [3.8, 4) is 11.1 Å². The molecule has 6 rings (SSSR count). The van der Waals surface area contributed by atoms with Gasteiger partial charge in [0, 0.05) is 0 Å². The van der Waals surface area contributed by atoms with Crippen LogP contribution in [0.25, 0.3) is 11.1 Å². The average Bonchev–Trinajstić information content (AvgIpc) is 3.80. The quantitative estimate of drug-likeness (QED) is 0.131. The molecule has 2 aliphatic carbocycles. The second kappa shape index (κ2) is 17.2. The SMILES string of the molecule is Cl.Cl.[CH2]=[Zr]([C]1=CC=CC1)([c]1ccc(CCCC)cc1)([c]1ccc(CCCC)cc1)[c]1c2c(cc(C(C)(C)C)c1C(C)(C)C)-c1cc(C(C)(C)C)c(C(C)(C)C)cc1C2. The summed E-state index contributed by atoms with van der Waals surface area (Å²) in [6.45, 7) is 33.8. The van der Waals surface area contributed by atoms with Gasteiger partial charge in [0.15, 0.2) is 0 Å². The average molecular weight is 899 g/mol. The van der Waals surface area contributed by atoms with E-state index in [0.29, 0.717) is 0 Å². The summed E-state index contributed by atoms with van der Waals surface area (Å²) < 4.78 is 12.2. The Labute approximate surface area is 368 Å². The molecule has 0 aromatic heterocycles. The summed E-state index contributed by atoms with van der Waals surface area (Å²) in [7, 11) is 0. The van der Waals surface area contributed by atoms with E-state index in [4.69, 9.17) is 4.21 Å². The van der Waals surface area contributed by atoms with Gasteiger partial charge >= 0.3 is 346 Å². The summed E-state index contributed by atoms with van der Waals surface area (Å²) in [6.07, 6.45) is 16.3. The molecule has 0 radical (unpaired) electrons. The molecule has 2 aliphatic rings. The molecule has 58 heavy (non-hydrogen) atoms. The Balaban J connectivity index is 0.00000372. The maximum absolute atomic E-state index is 6.03. The summed E-state index contributed by atoms with van der Waals surface area (Å²) in [6, 6.07) is 27.9. The van der Waals surface area contributed by atoms with Crippen LogP contribution >= 0.6 is 24.8 Å². The van der Waals surface area contributed by atoms with Crippen molar-refractivity contribution >= 4 is 38.8 Å². The zero-order valence-electron chi connectivity index (χ0n) is 38.8. The first-order chi connectivity index (χ1) is 26.0. The molecule has 0 saturated carbocycles. The van der Waals surface area contributed by atoms with Gasteiger partial charge in [0.1, 0.15) is 0 Å². The molecule has 0 nitrogen and oxygen atoms in total. The van der Waals surface area contributed by atoms with Crippen LogP contribution in [0.1, 0.15) is 174 Å². The van der Waals surface area contributed by atoms with E-state index in [0.717, 1.165) is 25.7 Å². The van der Waals surface area contributed by atoms with Gasteiger partial charge in [-0.2, -0.15) is 0 Å². The van der Waals surface area contributed by atoms with E-state index < -0.39 is 18.3 Å². The molecule has 0 saturated heterocycles. The van der Waals surface area contributed by atoms with E-state index in [1.54, 1.807) is 17.7 Å². The molecular formula is C55H76Cl2Zr. The van der Waals surface area contributed by atoms with Crippen molar-refractivity contribution in [1.82, 2.24) is 0 Å². The van der Waals surface area contributed by atoms with Gasteiger partial charge in [-0.25, -0.2) is 0 Å². The number of hydrogen-bond acceptors (Lipinski definition) is 0. The number of rotatable bonds is 10. The molecule has 0 N–H and O–H groups in total. The van der Waals surface area contributed by atoms with E-state index in [9.17, 15) is 0 Å². The monoisotopic (exact) mass is 896 g/mol. The van der Waals surface area contributed by atoms with Crippen LogP contribution < -0.4 is 9.81 Å². The number of allylic oxidation sites excluding steroid dienone is 4. The van der Waals surface area contributed by atoms with Crippen molar-refractivity contribution in [3.63, 3.8) is 0 Å². The van der Waals surface area contributed by atoms with Gasteiger partial charge in [0.2, 0.25) is 0 Å². The standard InChI is InChI=1S/C29H41.2C10H13.C5H5.CH2.2ClH.Zr/c1-26(2,3)22-14-18-13-19-15-23(27(4,5)6)25(29(10,11)12)17-21(19)20(18)16-24(22)28(7,8)9;2*1-2-3-7-10-8-5-4-6-9-10;1-2-4-5-3-1;;;;/h14,16-17H,13H2,1-12H3;2*5-6,8-9H,2-3,7H2,1H3;1-3H,4H2;1H2;2*1H;. The molecule has 4 aromatic rings. The van der Waals surface area contributed by atoms with Crippen molar-refractivity contribution < 1.29 is 18.3 Å². The predicted octanol–water partition coefficient (Wildman–Crippen LogP) is 14.2. The first-order valence-corrected chi connectivity index (χ1v) is 28.7. The second-order valence-electron chi connectivity index (χ2n) is 21.8. The minimum absolute atomic E-state index is 0. The molecule has 4 aromatic carbocycles. The molecule has 314 valence electrons. The second-order valence-corrected chi connectivity index (χ2v) is 34.6. The van der Waals surface area contributed by atoms with Crippen LogP contribution in [0.15, 0.2) is 88.2 Å². The normalized spacial score (nSPS) is 14.4. The molecule has 0 aliphatic heterocycles. The first-order valence-electron chi connectivity index (χ1n) is 22.0. The molecule has 0 bridgehead atoms. The van der Waals surface area contributed by atoms with Gasteiger partial charge in [-0.15, -0.1) is 24.8 Å². The fraction of sp³-hybridized carbons (Fsp3) is 0.473. The van der Waals surface area contributed by atoms with E-state index in [-0.39, 0.29) is 46.5 Å². The van der Waals surface area contributed by atoms with Crippen LogP contribution in [0.5, 0.6) is 0 Å². The van der Waals surface area contributed by atoms with Gasteiger partial charge in [-0.3, -0.25) is 0 Å². The fourth-order valence-electron chi connectivity index (χ4n) is 10.3. The number of hydrogen-bond donors (Lipinski definition) is 0. The number of aryl methyl sites for hydroxylation is 2. The van der Waals surface area contributed by atoms with E-state index >= 15 is 0 Å². The van der Waals surface area contributed by atoms with Gasteiger partial charge in [0.05, 0.1) is 0 Å². The number of fused-ring (bicyclic) bond motifs is 3. The molecule has 0 atom stereocenters. The Bertz CT molecular complexity index is 2180. The van der Waals surface area contributed by atoms with E-state index in [1.807, 2.05) is 0 Å². The van der Waals surface area contributed by atoms with Gasteiger partial charge in [0.25, 0.3) is 0 Å². The third kappa shape index (κ3) is 8.47. The summed E-state index contributed by atoms with van der Waals surface area (Å²) in [4.78, 5) is 0. The van der Waals surface area contributed by atoms with Crippen molar-refractivity contribution in [1.29, 1.82) is 0 Å². The topological polar surface area (TPSA) is 0 Å². The van der Waals surface area contributed by atoms with E-state index in [1.165, 1.54) is 76.7 Å². The molecular weight excluding hydrogens is 823 g/mol. The van der Waals surface area contributed by atoms with Crippen molar-refractivity contribution in [2.45, 2.75) is 170 Å². The zero-order valence-corrected chi connectivity index (χ0v) is 42.9. The van der Waals surface area contributed by atoms with Crippen LogP contribution in [0.3, 0.4) is 0 Å². The summed E-state index contributed by atoms with van der Waals surface area (Å²) in [5.41, 5.74) is 14.7. The Morgan fingerprint density at radius 2 is 1.02 bits per heavy atom. The molecule has 0 unspecified atom stereocenters. The summed E-state index contributed by atoms with van der Waals surface area (Å²) >= 11 is -5.11.